The van der Waals surface area contributed by atoms with Gasteiger partial charge in [-0.2, -0.15) is 4.57 Å². The number of fused-ring (bicyclic) bond motifs is 1. The molecule has 3 rings (SSSR count). The molecule has 0 saturated carbocycles. The Morgan fingerprint density at radius 1 is 1.22 bits per heavy atom. The van der Waals surface area contributed by atoms with E-state index in [4.69, 9.17) is 0 Å². The largest absolute Gasteiger partial charge is 0.308 e. The molecule has 0 atom stereocenters. The van der Waals surface area contributed by atoms with Crippen LogP contribution in [0.2, 0.25) is 0 Å². The van der Waals surface area contributed by atoms with Crippen LogP contribution in [-0.4, -0.2) is 14.0 Å². The topological polar surface area (TPSA) is 26.1 Å². The Morgan fingerprint density at radius 2 is 2.00 bits per heavy atom. The molecule has 3 aromatic rings. The lowest BCUT2D eigenvalue weighted by molar-refractivity contribution is -0.661. The maximum Gasteiger partial charge on any atom is 0.230 e. The van der Waals surface area contributed by atoms with Crippen molar-refractivity contribution in [2.24, 2.45) is 14.1 Å². The summed E-state index contributed by atoms with van der Waals surface area (Å²) in [5.41, 5.74) is 4.98. The maximum absolute atomic E-state index is 4.35. The average molecular weight is 241 g/mol. The average Bonchev–Trinajstić information content (AvgIpc) is 2.88. The van der Waals surface area contributed by atoms with E-state index in [-0.39, 0.29) is 0 Å². The van der Waals surface area contributed by atoms with E-state index in [1.54, 1.807) is 0 Å². The molecular formula is C14H17N4+. The number of imidazole rings is 2. The monoisotopic (exact) mass is 241 g/mol. The van der Waals surface area contributed by atoms with Crippen molar-refractivity contribution in [3.8, 4) is 11.4 Å². The second kappa shape index (κ2) is 3.70. The van der Waals surface area contributed by atoms with Crippen LogP contribution < -0.4 is 4.57 Å². The van der Waals surface area contributed by atoms with Gasteiger partial charge in [-0.1, -0.05) is 0 Å². The number of aromatic nitrogens is 4. The highest BCUT2D eigenvalue weighted by Gasteiger charge is 2.17. The highest BCUT2D eigenvalue weighted by atomic mass is 15.2. The maximum atomic E-state index is 4.35. The van der Waals surface area contributed by atoms with Crippen LogP contribution in [0.1, 0.15) is 11.1 Å². The van der Waals surface area contributed by atoms with Crippen molar-refractivity contribution in [1.29, 1.82) is 0 Å². The van der Waals surface area contributed by atoms with E-state index in [2.05, 4.69) is 53.5 Å². The van der Waals surface area contributed by atoms with Gasteiger partial charge in [0.25, 0.3) is 0 Å². The standard InChI is InChI=1S/C14H17N4/c1-10-7-12(16(3)8-11(10)2)13-9-18-6-5-15-14(18)17(13)4/h5-9H,1-4H3/q+1. The molecule has 92 valence electrons. The molecule has 0 aliphatic carbocycles. The van der Waals surface area contributed by atoms with E-state index in [9.17, 15) is 0 Å². The van der Waals surface area contributed by atoms with Gasteiger partial charge in [0.1, 0.15) is 12.7 Å². The van der Waals surface area contributed by atoms with Gasteiger partial charge < -0.3 is 4.57 Å². The van der Waals surface area contributed by atoms with Gasteiger partial charge in [-0.15, -0.1) is 0 Å². The van der Waals surface area contributed by atoms with Crippen molar-refractivity contribution in [2.45, 2.75) is 13.8 Å². The summed E-state index contributed by atoms with van der Waals surface area (Å²) in [5.74, 6) is 0.961. The Bertz CT molecular complexity index is 734. The smallest absolute Gasteiger partial charge is 0.230 e. The molecule has 0 amide bonds. The van der Waals surface area contributed by atoms with Gasteiger partial charge in [0.05, 0.1) is 0 Å². The molecule has 0 fully saturated rings. The van der Waals surface area contributed by atoms with E-state index >= 15 is 0 Å². The summed E-state index contributed by atoms with van der Waals surface area (Å²) in [6, 6.07) is 2.23. The summed E-state index contributed by atoms with van der Waals surface area (Å²) in [4.78, 5) is 4.35. The first-order valence-electron chi connectivity index (χ1n) is 6.03. The second-order valence-corrected chi connectivity index (χ2v) is 4.84. The fourth-order valence-electron chi connectivity index (χ4n) is 2.37. The zero-order valence-corrected chi connectivity index (χ0v) is 11.2. The summed E-state index contributed by atoms with van der Waals surface area (Å²) in [6.45, 7) is 4.28. The molecule has 18 heavy (non-hydrogen) atoms. The quantitative estimate of drug-likeness (QED) is 0.596. The number of hydrogen-bond donors (Lipinski definition) is 0. The molecule has 0 radical (unpaired) electrons. The number of rotatable bonds is 1. The molecule has 4 heteroatoms. The van der Waals surface area contributed by atoms with Gasteiger partial charge in [-0.25, -0.2) is 4.98 Å². The van der Waals surface area contributed by atoms with Crippen LogP contribution in [-0.2, 0) is 14.1 Å². The van der Waals surface area contributed by atoms with Crippen molar-refractivity contribution >= 4 is 5.78 Å². The minimum Gasteiger partial charge on any atom is -0.308 e. The van der Waals surface area contributed by atoms with Crippen molar-refractivity contribution in [1.82, 2.24) is 14.0 Å². The first-order valence-corrected chi connectivity index (χ1v) is 6.03. The summed E-state index contributed by atoms with van der Waals surface area (Å²) in [6.07, 6.45) is 8.08. The van der Waals surface area contributed by atoms with Gasteiger partial charge in [0, 0.05) is 37.3 Å². The number of pyridine rings is 1. The summed E-state index contributed by atoms with van der Waals surface area (Å²) in [5, 5.41) is 0. The Morgan fingerprint density at radius 3 is 2.72 bits per heavy atom. The minimum absolute atomic E-state index is 0.961. The molecule has 0 aliphatic rings. The van der Waals surface area contributed by atoms with Crippen molar-refractivity contribution < 1.29 is 4.57 Å². The predicted octanol–water partition coefficient (Wildman–Crippen LogP) is 1.78. The van der Waals surface area contributed by atoms with Crippen LogP contribution >= 0.6 is 0 Å². The summed E-state index contributed by atoms with van der Waals surface area (Å²) in [7, 11) is 4.13. The zero-order valence-electron chi connectivity index (χ0n) is 11.2. The second-order valence-electron chi connectivity index (χ2n) is 4.84. The molecule has 0 aromatic carbocycles. The fraction of sp³-hybridized carbons (Fsp3) is 0.286. The van der Waals surface area contributed by atoms with Crippen LogP contribution in [0.25, 0.3) is 17.2 Å². The minimum atomic E-state index is 0.961. The first kappa shape index (κ1) is 11.0. The molecule has 3 aromatic heterocycles. The Balaban J connectivity index is 2.28. The van der Waals surface area contributed by atoms with Crippen molar-refractivity contribution in [3.63, 3.8) is 0 Å². The molecule has 0 bridgehead atoms. The van der Waals surface area contributed by atoms with Gasteiger partial charge in [0.15, 0.2) is 6.20 Å². The molecular weight excluding hydrogens is 224 g/mol. The van der Waals surface area contributed by atoms with E-state index in [1.807, 2.05) is 23.8 Å². The summed E-state index contributed by atoms with van der Waals surface area (Å²) >= 11 is 0. The Hall–Kier alpha value is -2.10. The zero-order chi connectivity index (χ0) is 12.9. The van der Waals surface area contributed by atoms with E-state index in [1.165, 1.54) is 22.5 Å². The highest BCUT2D eigenvalue weighted by molar-refractivity contribution is 5.57. The summed E-state index contributed by atoms with van der Waals surface area (Å²) < 4.78 is 6.33. The molecule has 0 spiro atoms. The molecule has 0 aliphatic heterocycles. The molecule has 0 unspecified atom stereocenters. The van der Waals surface area contributed by atoms with Gasteiger partial charge in [-0.3, -0.25) is 4.40 Å². The fourth-order valence-corrected chi connectivity index (χ4v) is 2.37. The normalized spacial score (nSPS) is 11.3. The van der Waals surface area contributed by atoms with Crippen molar-refractivity contribution in [3.05, 3.63) is 42.0 Å². The van der Waals surface area contributed by atoms with E-state index in [0.29, 0.717) is 0 Å². The Labute approximate surface area is 106 Å². The Kier molecular flexibility index (Phi) is 2.26. The third-order valence-corrected chi connectivity index (χ3v) is 3.58. The number of aryl methyl sites for hydroxylation is 4. The van der Waals surface area contributed by atoms with Crippen molar-refractivity contribution in [2.75, 3.05) is 0 Å². The van der Waals surface area contributed by atoms with Crippen LogP contribution in [0.5, 0.6) is 0 Å². The molecule has 3 heterocycles. The van der Waals surface area contributed by atoms with E-state index in [0.717, 1.165) is 5.78 Å². The third kappa shape index (κ3) is 1.45. The molecule has 0 N–H and O–H groups in total. The van der Waals surface area contributed by atoms with Gasteiger partial charge in [-0.05, 0) is 19.4 Å². The SMILES string of the molecule is Cc1cc(-c2cn3ccnc3n2C)[n+](C)cc1C. The first-order chi connectivity index (χ1) is 8.58. The number of hydrogen-bond acceptors (Lipinski definition) is 1. The van der Waals surface area contributed by atoms with Crippen LogP contribution in [0.3, 0.4) is 0 Å². The highest BCUT2D eigenvalue weighted by Crippen LogP contribution is 2.20. The van der Waals surface area contributed by atoms with Gasteiger partial charge >= 0.3 is 0 Å². The van der Waals surface area contributed by atoms with Crippen LogP contribution in [0.4, 0.5) is 0 Å². The molecule has 4 nitrogen and oxygen atoms in total. The van der Waals surface area contributed by atoms with Crippen LogP contribution in [0.15, 0.2) is 30.9 Å². The lowest BCUT2D eigenvalue weighted by Crippen LogP contribution is -2.32. The lowest BCUT2D eigenvalue weighted by Gasteiger charge is -2.04. The van der Waals surface area contributed by atoms with Gasteiger partial charge in [0.2, 0.25) is 11.5 Å². The van der Waals surface area contributed by atoms with E-state index < -0.39 is 0 Å². The van der Waals surface area contributed by atoms with Crippen LogP contribution in [0, 0.1) is 13.8 Å². The third-order valence-electron chi connectivity index (χ3n) is 3.58. The molecule has 0 saturated heterocycles. The predicted molar refractivity (Wildman–Crippen MR) is 70.2 cm³/mol. The lowest BCUT2D eigenvalue weighted by atomic mass is 10.1. The number of nitrogens with zero attached hydrogens (tertiary/aromatic N) is 4.